The monoisotopic (exact) mass is 277 g/mol. The highest BCUT2D eigenvalue weighted by molar-refractivity contribution is 5.70. The standard InChI is InChI=1S/C15H23N3O2/c1-11(2)12-4-3-8-17(9-7-12)15-6-5-13(18(19)20)10-14(15)16/h5-6,10-12H,3-4,7-9,16H2,1-2H3. The third-order valence-corrected chi connectivity index (χ3v) is 4.28. The highest BCUT2D eigenvalue weighted by Gasteiger charge is 2.21. The van der Waals surface area contributed by atoms with Crippen LogP contribution in [0.15, 0.2) is 18.2 Å². The normalized spacial score (nSPS) is 19.9. The van der Waals surface area contributed by atoms with Crippen molar-refractivity contribution in [2.75, 3.05) is 23.7 Å². The van der Waals surface area contributed by atoms with Crippen molar-refractivity contribution in [1.29, 1.82) is 0 Å². The molecule has 110 valence electrons. The summed E-state index contributed by atoms with van der Waals surface area (Å²) in [6.07, 6.45) is 3.56. The van der Waals surface area contributed by atoms with Crippen LogP contribution in [0, 0.1) is 22.0 Å². The summed E-state index contributed by atoms with van der Waals surface area (Å²) >= 11 is 0. The highest BCUT2D eigenvalue weighted by atomic mass is 16.6. The lowest BCUT2D eigenvalue weighted by atomic mass is 9.89. The Kier molecular flexibility index (Phi) is 4.47. The number of nitro benzene ring substituents is 1. The number of hydrogen-bond acceptors (Lipinski definition) is 4. The molecule has 0 amide bonds. The van der Waals surface area contributed by atoms with Crippen LogP contribution in [0.25, 0.3) is 0 Å². The Morgan fingerprint density at radius 3 is 2.70 bits per heavy atom. The first kappa shape index (κ1) is 14.6. The molecule has 1 aliphatic heterocycles. The molecule has 2 rings (SSSR count). The number of nitrogens with two attached hydrogens (primary N) is 1. The minimum atomic E-state index is -0.405. The van der Waals surface area contributed by atoms with Crippen molar-refractivity contribution in [1.82, 2.24) is 0 Å². The lowest BCUT2D eigenvalue weighted by Crippen LogP contribution is -2.25. The van der Waals surface area contributed by atoms with Gasteiger partial charge in [0.25, 0.3) is 5.69 Å². The van der Waals surface area contributed by atoms with Crippen LogP contribution in [0.1, 0.15) is 33.1 Å². The molecule has 1 unspecified atom stereocenters. The van der Waals surface area contributed by atoms with Gasteiger partial charge in [0.1, 0.15) is 0 Å². The van der Waals surface area contributed by atoms with E-state index in [0.29, 0.717) is 11.6 Å². The first-order valence-electron chi connectivity index (χ1n) is 7.28. The molecular weight excluding hydrogens is 254 g/mol. The number of nitro groups is 1. The van der Waals surface area contributed by atoms with Gasteiger partial charge in [-0.15, -0.1) is 0 Å². The molecule has 1 aliphatic rings. The van der Waals surface area contributed by atoms with Crippen LogP contribution in [0.5, 0.6) is 0 Å². The maximum Gasteiger partial charge on any atom is 0.271 e. The average Bonchev–Trinajstić information content (AvgIpc) is 2.64. The molecule has 0 aliphatic carbocycles. The summed E-state index contributed by atoms with van der Waals surface area (Å²) in [6.45, 7) is 6.51. The van der Waals surface area contributed by atoms with Crippen LogP contribution in [-0.2, 0) is 0 Å². The summed E-state index contributed by atoms with van der Waals surface area (Å²) in [6, 6.07) is 4.78. The number of non-ortho nitro benzene ring substituents is 1. The first-order chi connectivity index (χ1) is 9.49. The summed E-state index contributed by atoms with van der Waals surface area (Å²) in [5, 5.41) is 10.8. The molecule has 0 radical (unpaired) electrons. The van der Waals surface area contributed by atoms with Crippen LogP contribution >= 0.6 is 0 Å². The molecule has 0 saturated carbocycles. The number of anilines is 2. The van der Waals surface area contributed by atoms with Gasteiger partial charge in [-0.2, -0.15) is 0 Å². The van der Waals surface area contributed by atoms with Crippen LogP contribution in [0.3, 0.4) is 0 Å². The summed E-state index contributed by atoms with van der Waals surface area (Å²) in [7, 11) is 0. The van der Waals surface area contributed by atoms with Gasteiger partial charge in [0.15, 0.2) is 0 Å². The molecule has 5 heteroatoms. The van der Waals surface area contributed by atoms with Crippen LogP contribution < -0.4 is 10.6 Å². The Balaban J connectivity index is 2.13. The first-order valence-corrected chi connectivity index (χ1v) is 7.28. The molecule has 1 saturated heterocycles. The lowest BCUT2D eigenvalue weighted by Gasteiger charge is -2.24. The van der Waals surface area contributed by atoms with Crippen molar-refractivity contribution in [2.24, 2.45) is 11.8 Å². The number of benzene rings is 1. The molecule has 1 aromatic carbocycles. The van der Waals surface area contributed by atoms with E-state index in [4.69, 9.17) is 5.73 Å². The average molecular weight is 277 g/mol. The van der Waals surface area contributed by atoms with Crippen molar-refractivity contribution >= 4 is 17.1 Å². The van der Waals surface area contributed by atoms with Gasteiger partial charge in [-0.25, -0.2) is 0 Å². The number of nitrogen functional groups attached to an aromatic ring is 1. The van der Waals surface area contributed by atoms with Gasteiger partial charge in [0, 0.05) is 25.2 Å². The summed E-state index contributed by atoms with van der Waals surface area (Å²) in [5.74, 6) is 1.48. The lowest BCUT2D eigenvalue weighted by molar-refractivity contribution is -0.384. The second-order valence-corrected chi connectivity index (χ2v) is 5.92. The Morgan fingerprint density at radius 1 is 1.35 bits per heavy atom. The Hall–Kier alpha value is -1.78. The quantitative estimate of drug-likeness (QED) is 0.522. The van der Waals surface area contributed by atoms with Crippen molar-refractivity contribution in [3.63, 3.8) is 0 Å². The fourth-order valence-corrected chi connectivity index (χ4v) is 2.97. The molecule has 1 fully saturated rings. The maximum atomic E-state index is 10.8. The van der Waals surface area contributed by atoms with Crippen molar-refractivity contribution < 1.29 is 4.92 Å². The van der Waals surface area contributed by atoms with Gasteiger partial charge < -0.3 is 10.6 Å². The highest BCUT2D eigenvalue weighted by Crippen LogP contribution is 2.32. The molecule has 1 aromatic rings. The maximum absolute atomic E-state index is 10.8. The smallest absolute Gasteiger partial charge is 0.271 e. The number of rotatable bonds is 3. The van der Waals surface area contributed by atoms with Crippen molar-refractivity contribution in [3.05, 3.63) is 28.3 Å². The summed E-state index contributed by atoms with van der Waals surface area (Å²) in [5.41, 5.74) is 7.48. The largest absolute Gasteiger partial charge is 0.397 e. The Labute approximate surface area is 119 Å². The summed E-state index contributed by atoms with van der Waals surface area (Å²) in [4.78, 5) is 12.6. The van der Waals surface area contributed by atoms with Gasteiger partial charge in [-0.1, -0.05) is 13.8 Å². The van der Waals surface area contributed by atoms with Crippen LogP contribution in [0.2, 0.25) is 0 Å². The van der Waals surface area contributed by atoms with E-state index < -0.39 is 4.92 Å². The van der Waals surface area contributed by atoms with E-state index in [9.17, 15) is 10.1 Å². The van der Waals surface area contributed by atoms with E-state index >= 15 is 0 Å². The number of nitrogens with zero attached hydrogens (tertiary/aromatic N) is 2. The molecule has 20 heavy (non-hydrogen) atoms. The zero-order valence-electron chi connectivity index (χ0n) is 12.2. The van der Waals surface area contributed by atoms with E-state index in [1.54, 1.807) is 6.07 Å². The van der Waals surface area contributed by atoms with Crippen LogP contribution in [-0.4, -0.2) is 18.0 Å². The molecule has 5 nitrogen and oxygen atoms in total. The van der Waals surface area contributed by atoms with E-state index in [1.807, 2.05) is 0 Å². The van der Waals surface area contributed by atoms with E-state index in [2.05, 4.69) is 18.7 Å². The minimum Gasteiger partial charge on any atom is -0.397 e. The molecule has 0 bridgehead atoms. The van der Waals surface area contributed by atoms with E-state index in [-0.39, 0.29) is 5.69 Å². The molecule has 2 N–H and O–H groups in total. The second kappa shape index (κ2) is 6.11. The van der Waals surface area contributed by atoms with E-state index in [1.165, 1.54) is 18.6 Å². The molecule has 1 atom stereocenters. The zero-order valence-corrected chi connectivity index (χ0v) is 12.2. The third-order valence-electron chi connectivity index (χ3n) is 4.28. The number of hydrogen-bond donors (Lipinski definition) is 1. The Morgan fingerprint density at radius 2 is 2.10 bits per heavy atom. The molecule has 0 aromatic heterocycles. The zero-order chi connectivity index (χ0) is 14.7. The second-order valence-electron chi connectivity index (χ2n) is 5.92. The predicted molar refractivity (Wildman–Crippen MR) is 81.9 cm³/mol. The van der Waals surface area contributed by atoms with Crippen LogP contribution in [0.4, 0.5) is 17.1 Å². The van der Waals surface area contributed by atoms with Gasteiger partial charge in [0.2, 0.25) is 0 Å². The van der Waals surface area contributed by atoms with Gasteiger partial charge in [-0.05, 0) is 37.2 Å². The summed E-state index contributed by atoms with van der Waals surface area (Å²) < 4.78 is 0. The van der Waals surface area contributed by atoms with Gasteiger partial charge >= 0.3 is 0 Å². The molecule has 1 heterocycles. The Bertz CT molecular complexity index is 488. The molecule has 0 spiro atoms. The predicted octanol–water partition coefficient (Wildman–Crippen LogP) is 3.44. The molecular formula is C15H23N3O2. The fourth-order valence-electron chi connectivity index (χ4n) is 2.97. The third kappa shape index (κ3) is 3.21. The minimum absolute atomic E-state index is 0.0566. The topological polar surface area (TPSA) is 72.4 Å². The van der Waals surface area contributed by atoms with E-state index in [0.717, 1.165) is 37.5 Å². The van der Waals surface area contributed by atoms with Crippen molar-refractivity contribution in [2.45, 2.75) is 33.1 Å². The fraction of sp³-hybridized carbons (Fsp3) is 0.600. The SMILES string of the molecule is CC(C)C1CCCN(c2ccc([N+](=O)[O-])cc2N)CC1. The van der Waals surface area contributed by atoms with Crippen molar-refractivity contribution in [3.8, 4) is 0 Å². The van der Waals surface area contributed by atoms with Gasteiger partial charge in [0.05, 0.1) is 16.3 Å². The van der Waals surface area contributed by atoms with Gasteiger partial charge in [-0.3, -0.25) is 10.1 Å².